The maximum atomic E-state index is 12.5. The summed E-state index contributed by atoms with van der Waals surface area (Å²) >= 11 is 0. The van der Waals surface area contributed by atoms with E-state index in [1.54, 1.807) is 49.8 Å². The number of hydrogen-bond acceptors (Lipinski definition) is 4. The molecular weight excluding hydrogens is 278 g/mol. The molecule has 1 heterocycles. The molecule has 0 spiro atoms. The van der Waals surface area contributed by atoms with E-state index >= 15 is 0 Å². The lowest BCUT2D eigenvalue weighted by molar-refractivity contribution is 0.417. The number of rotatable bonds is 4. The Hall–Kier alpha value is -2.02. The molecule has 0 aliphatic carbocycles. The van der Waals surface area contributed by atoms with Crippen LogP contribution in [-0.2, 0) is 17.1 Å². The molecule has 1 aromatic carbocycles. The molecule has 0 saturated heterocycles. The minimum atomic E-state index is -3.70. The maximum absolute atomic E-state index is 12.5. The van der Waals surface area contributed by atoms with Crippen molar-refractivity contribution in [2.24, 2.45) is 7.05 Å². The first-order valence-corrected chi connectivity index (χ1v) is 7.51. The van der Waals surface area contributed by atoms with Gasteiger partial charge in [0.25, 0.3) is 10.0 Å². The second kappa shape index (κ2) is 5.16. The van der Waals surface area contributed by atoms with Gasteiger partial charge in [-0.3, -0.25) is 9.40 Å². The molecule has 0 radical (unpaired) electrons. The van der Waals surface area contributed by atoms with Crippen molar-refractivity contribution in [3.63, 3.8) is 0 Å². The Bertz CT molecular complexity index is 735. The van der Waals surface area contributed by atoms with Gasteiger partial charge in [-0.05, 0) is 26.0 Å². The number of nitrogens with one attached hydrogen (secondary N) is 1. The predicted molar refractivity (Wildman–Crippen MR) is 76.5 cm³/mol. The highest BCUT2D eigenvalue weighted by Gasteiger charge is 2.24. The summed E-state index contributed by atoms with van der Waals surface area (Å²) in [6.07, 6.45) is 0. The van der Waals surface area contributed by atoms with E-state index in [1.165, 1.54) is 7.11 Å². The van der Waals surface area contributed by atoms with Gasteiger partial charge in [-0.15, -0.1) is 0 Å². The molecule has 2 aromatic rings. The van der Waals surface area contributed by atoms with Crippen LogP contribution >= 0.6 is 0 Å². The molecule has 0 fully saturated rings. The zero-order valence-electron chi connectivity index (χ0n) is 11.8. The van der Waals surface area contributed by atoms with E-state index in [4.69, 9.17) is 4.74 Å². The molecule has 0 unspecified atom stereocenters. The van der Waals surface area contributed by atoms with Crippen molar-refractivity contribution in [2.75, 3.05) is 11.8 Å². The van der Waals surface area contributed by atoms with Crippen molar-refractivity contribution in [3.05, 3.63) is 35.7 Å². The number of anilines is 1. The standard InChI is InChI=1S/C13H17N3O3S/c1-9-13(10(2)16(3)14-9)20(17,18)15-11-7-5-6-8-12(11)19-4/h5-8,15H,1-4H3. The van der Waals surface area contributed by atoms with Crippen LogP contribution in [0.4, 0.5) is 5.69 Å². The largest absolute Gasteiger partial charge is 0.495 e. The fourth-order valence-corrected chi connectivity index (χ4v) is 3.58. The molecule has 1 N–H and O–H groups in total. The molecule has 2 rings (SSSR count). The molecule has 0 aliphatic heterocycles. The van der Waals surface area contributed by atoms with E-state index in [0.29, 0.717) is 22.8 Å². The predicted octanol–water partition coefficient (Wildman–Crippen LogP) is 1.85. The van der Waals surface area contributed by atoms with E-state index in [9.17, 15) is 8.42 Å². The van der Waals surface area contributed by atoms with Crippen molar-refractivity contribution in [1.82, 2.24) is 9.78 Å². The SMILES string of the molecule is COc1ccccc1NS(=O)(=O)c1c(C)nn(C)c1C. The van der Waals surface area contributed by atoms with Crippen LogP contribution < -0.4 is 9.46 Å². The van der Waals surface area contributed by atoms with Gasteiger partial charge in [-0.25, -0.2) is 8.42 Å². The van der Waals surface area contributed by atoms with Crippen molar-refractivity contribution >= 4 is 15.7 Å². The Morgan fingerprint density at radius 3 is 2.45 bits per heavy atom. The first-order valence-electron chi connectivity index (χ1n) is 6.03. The van der Waals surface area contributed by atoms with Crippen LogP contribution in [0.3, 0.4) is 0 Å². The summed E-state index contributed by atoms with van der Waals surface area (Å²) in [6, 6.07) is 6.86. The summed E-state index contributed by atoms with van der Waals surface area (Å²) in [6.45, 7) is 3.39. The monoisotopic (exact) mass is 295 g/mol. The zero-order chi connectivity index (χ0) is 14.9. The number of aryl methyl sites for hydroxylation is 2. The fraction of sp³-hybridized carbons (Fsp3) is 0.308. The second-order valence-electron chi connectivity index (χ2n) is 4.43. The van der Waals surface area contributed by atoms with Crippen LogP contribution in [0.1, 0.15) is 11.4 Å². The summed E-state index contributed by atoms with van der Waals surface area (Å²) in [5.74, 6) is 0.468. The molecular formula is C13H17N3O3S. The zero-order valence-corrected chi connectivity index (χ0v) is 12.7. The molecule has 0 saturated carbocycles. The van der Waals surface area contributed by atoms with Gasteiger partial charge in [0, 0.05) is 7.05 Å². The summed E-state index contributed by atoms with van der Waals surface area (Å²) in [5.41, 5.74) is 1.45. The second-order valence-corrected chi connectivity index (χ2v) is 6.05. The van der Waals surface area contributed by atoms with Gasteiger partial charge >= 0.3 is 0 Å². The minimum Gasteiger partial charge on any atom is -0.495 e. The Labute approximate surface area is 118 Å². The van der Waals surface area contributed by atoms with Crippen molar-refractivity contribution in [1.29, 1.82) is 0 Å². The molecule has 108 valence electrons. The molecule has 0 amide bonds. The van der Waals surface area contributed by atoms with Gasteiger partial charge in [-0.1, -0.05) is 12.1 Å². The van der Waals surface area contributed by atoms with Crippen LogP contribution in [0, 0.1) is 13.8 Å². The van der Waals surface area contributed by atoms with Crippen molar-refractivity contribution < 1.29 is 13.2 Å². The molecule has 20 heavy (non-hydrogen) atoms. The normalized spacial score (nSPS) is 11.4. The van der Waals surface area contributed by atoms with Crippen molar-refractivity contribution in [2.45, 2.75) is 18.7 Å². The molecule has 0 bridgehead atoms. The third kappa shape index (κ3) is 2.49. The van der Waals surface area contributed by atoms with Gasteiger partial charge in [-0.2, -0.15) is 5.10 Å². The number of aromatic nitrogens is 2. The van der Waals surface area contributed by atoms with Gasteiger partial charge in [0.15, 0.2) is 0 Å². The Balaban J connectivity index is 2.46. The molecule has 0 atom stereocenters. The third-order valence-electron chi connectivity index (χ3n) is 3.06. The smallest absolute Gasteiger partial charge is 0.265 e. The highest BCUT2D eigenvalue weighted by atomic mass is 32.2. The third-order valence-corrected chi connectivity index (χ3v) is 4.68. The van der Waals surface area contributed by atoms with Gasteiger partial charge in [0.05, 0.1) is 24.2 Å². The number of methoxy groups -OCH3 is 1. The molecule has 6 nitrogen and oxygen atoms in total. The van der Waals surface area contributed by atoms with Crippen LogP contribution in [0.5, 0.6) is 5.75 Å². The summed E-state index contributed by atoms with van der Waals surface area (Å²) in [4.78, 5) is 0.200. The number of sulfonamides is 1. The average Bonchev–Trinajstić information content (AvgIpc) is 2.63. The van der Waals surface area contributed by atoms with Gasteiger partial charge in [0.1, 0.15) is 10.6 Å². The summed E-state index contributed by atoms with van der Waals surface area (Å²) < 4.78 is 34.2. The summed E-state index contributed by atoms with van der Waals surface area (Å²) in [7, 11) is -0.493. The lowest BCUT2D eigenvalue weighted by Gasteiger charge is -2.11. The Kier molecular flexibility index (Phi) is 3.71. The van der Waals surface area contributed by atoms with E-state index in [-0.39, 0.29) is 4.90 Å². The number of para-hydroxylation sites is 2. The van der Waals surface area contributed by atoms with E-state index in [1.807, 2.05) is 0 Å². The summed E-state index contributed by atoms with van der Waals surface area (Å²) in [5, 5.41) is 4.13. The minimum absolute atomic E-state index is 0.200. The topological polar surface area (TPSA) is 73.2 Å². The highest BCUT2D eigenvalue weighted by molar-refractivity contribution is 7.92. The van der Waals surface area contributed by atoms with Crippen LogP contribution in [-0.4, -0.2) is 25.3 Å². The lowest BCUT2D eigenvalue weighted by atomic mass is 10.3. The number of hydrogen-bond donors (Lipinski definition) is 1. The van der Waals surface area contributed by atoms with Gasteiger partial charge in [0.2, 0.25) is 0 Å². The number of nitrogens with zero attached hydrogens (tertiary/aromatic N) is 2. The maximum Gasteiger partial charge on any atom is 0.265 e. The first-order chi connectivity index (χ1) is 9.36. The quantitative estimate of drug-likeness (QED) is 0.934. The van der Waals surface area contributed by atoms with E-state index in [0.717, 1.165) is 0 Å². The van der Waals surface area contributed by atoms with Crippen LogP contribution in [0.25, 0.3) is 0 Å². The first kappa shape index (κ1) is 14.4. The average molecular weight is 295 g/mol. The molecule has 0 aliphatic rings. The van der Waals surface area contributed by atoms with E-state index in [2.05, 4.69) is 9.82 Å². The fourth-order valence-electron chi connectivity index (χ4n) is 2.07. The number of ether oxygens (including phenoxy) is 1. The molecule has 7 heteroatoms. The van der Waals surface area contributed by atoms with Crippen LogP contribution in [0.15, 0.2) is 29.2 Å². The van der Waals surface area contributed by atoms with Crippen molar-refractivity contribution in [3.8, 4) is 5.75 Å². The van der Waals surface area contributed by atoms with E-state index < -0.39 is 10.0 Å². The Morgan fingerprint density at radius 2 is 1.90 bits per heavy atom. The van der Waals surface area contributed by atoms with Crippen LogP contribution in [0.2, 0.25) is 0 Å². The molecule has 1 aromatic heterocycles. The lowest BCUT2D eigenvalue weighted by Crippen LogP contribution is -2.15. The van der Waals surface area contributed by atoms with Gasteiger partial charge < -0.3 is 4.74 Å². The number of benzene rings is 1. The Morgan fingerprint density at radius 1 is 1.25 bits per heavy atom. The highest BCUT2D eigenvalue weighted by Crippen LogP contribution is 2.28.